The van der Waals surface area contributed by atoms with Gasteiger partial charge in [-0.1, -0.05) is 26.8 Å². The van der Waals surface area contributed by atoms with Crippen molar-refractivity contribution in [2.24, 2.45) is 0 Å². The molecule has 0 heterocycles. The molecular weight excluding hydrogens is 256 g/mol. The lowest BCUT2D eigenvalue weighted by Crippen LogP contribution is -2.18. The first kappa shape index (κ1) is 15.8. The van der Waals surface area contributed by atoms with E-state index in [0.29, 0.717) is 17.1 Å². The fourth-order valence-electron chi connectivity index (χ4n) is 1.99. The molecule has 0 amide bonds. The van der Waals surface area contributed by atoms with Crippen LogP contribution >= 0.6 is 0 Å². The average Bonchev–Trinajstić information content (AvgIpc) is 2.25. The molecule has 0 radical (unpaired) electrons. The van der Waals surface area contributed by atoms with E-state index in [1.54, 1.807) is 14.0 Å². The molecule has 19 heavy (non-hydrogen) atoms. The van der Waals surface area contributed by atoms with Gasteiger partial charge in [-0.2, -0.15) is 0 Å². The lowest BCUT2D eigenvalue weighted by atomic mass is 9.85. The van der Waals surface area contributed by atoms with E-state index in [-0.39, 0.29) is 11.2 Å². The van der Waals surface area contributed by atoms with Crippen LogP contribution in [0.5, 0.6) is 11.5 Å². The summed E-state index contributed by atoms with van der Waals surface area (Å²) in [6.45, 7) is 12.1. The predicted molar refractivity (Wildman–Crippen MR) is 81.2 cm³/mol. The van der Waals surface area contributed by atoms with Crippen molar-refractivity contribution in [1.82, 2.24) is 0 Å². The summed E-state index contributed by atoms with van der Waals surface area (Å²) in [5, 5.41) is 0. The van der Waals surface area contributed by atoms with Crippen molar-refractivity contribution < 1.29 is 14.0 Å². The molecule has 0 N–H and O–H groups in total. The summed E-state index contributed by atoms with van der Waals surface area (Å²) >= 11 is 0. The summed E-state index contributed by atoms with van der Waals surface area (Å²) in [7, 11) is 0.313. The number of ketones is 1. The van der Waals surface area contributed by atoms with Crippen LogP contribution in [-0.4, -0.2) is 21.9 Å². The molecule has 1 rings (SSSR count). The molecular formula is C15H24O3Si. The maximum atomic E-state index is 11.8. The van der Waals surface area contributed by atoms with Crippen LogP contribution in [0.1, 0.15) is 43.6 Å². The lowest BCUT2D eigenvalue weighted by Gasteiger charge is -2.26. The molecule has 0 aliphatic rings. The largest absolute Gasteiger partial charge is 0.544 e. The van der Waals surface area contributed by atoms with Gasteiger partial charge in [0.15, 0.2) is 17.3 Å². The third-order valence-electron chi connectivity index (χ3n) is 2.86. The van der Waals surface area contributed by atoms with Crippen molar-refractivity contribution in [1.29, 1.82) is 0 Å². The Morgan fingerprint density at radius 3 is 2.11 bits per heavy atom. The standard InChI is InChI=1S/C15H24O3Si/c1-10(16)11-8-9-12(15(2,3)4)14(17-5)13(11)18-19(6)7/h8-9,19H,1-7H3. The molecule has 0 fully saturated rings. The Labute approximate surface area is 117 Å². The molecule has 0 atom stereocenters. The Balaban J connectivity index is 3.54. The van der Waals surface area contributed by atoms with Crippen molar-refractivity contribution in [2.45, 2.75) is 46.2 Å². The van der Waals surface area contributed by atoms with Crippen molar-refractivity contribution >= 4 is 14.8 Å². The SMILES string of the molecule is COc1c(C(C)(C)C)ccc(C(C)=O)c1O[SiH](C)C. The molecule has 0 saturated carbocycles. The molecule has 1 aromatic carbocycles. The van der Waals surface area contributed by atoms with Crippen molar-refractivity contribution in [2.75, 3.05) is 7.11 Å². The van der Waals surface area contributed by atoms with E-state index < -0.39 is 9.04 Å². The molecule has 106 valence electrons. The van der Waals surface area contributed by atoms with E-state index in [9.17, 15) is 4.79 Å². The second kappa shape index (κ2) is 5.78. The van der Waals surface area contributed by atoms with Gasteiger partial charge in [0.2, 0.25) is 9.04 Å². The average molecular weight is 280 g/mol. The number of rotatable bonds is 4. The van der Waals surface area contributed by atoms with Crippen LogP contribution in [0.25, 0.3) is 0 Å². The van der Waals surface area contributed by atoms with Gasteiger partial charge in [-0.15, -0.1) is 0 Å². The first-order chi connectivity index (χ1) is 8.68. The van der Waals surface area contributed by atoms with Crippen LogP contribution in [0.2, 0.25) is 13.1 Å². The summed E-state index contributed by atoms with van der Waals surface area (Å²) in [6, 6.07) is 3.81. The van der Waals surface area contributed by atoms with Crippen LogP contribution in [0.4, 0.5) is 0 Å². The third-order valence-corrected chi connectivity index (χ3v) is 3.56. The zero-order valence-corrected chi connectivity index (χ0v) is 14.1. The molecule has 4 heteroatoms. The quantitative estimate of drug-likeness (QED) is 0.625. The Morgan fingerprint density at radius 2 is 1.74 bits per heavy atom. The minimum atomic E-state index is -1.32. The maximum Gasteiger partial charge on any atom is 0.229 e. The number of ether oxygens (including phenoxy) is 1. The van der Waals surface area contributed by atoms with E-state index in [1.165, 1.54) is 0 Å². The minimum Gasteiger partial charge on any atom is -0.544 e. The zero-order valence-electron chi connectivity index (χ0n) is 13.0. The molecule has 0 saturated heterocycles. The van der Waals surface area contributed by atoms with Crippen molar-refractivity contribution in [3.63, 3.8) is 0 Å². The fourth-order valence-corrected chi connectivity index (χ4v) is 2.69. The lowest BCUT2D eigenvalue weighted by molar-refractivity contribution is 0.101. The smallest absolute Gasteiger partial charge is 0.229 e. The van der Waals surface area contributed by atoms with E-state index in [1.807, 2.05) is 12.1 Å². The van der Waals surface area contributed by atoms with Crippen molar-refractivity contribution in [3.05, 3.63) is 23.3 Å². The number of hydrogen-bond donors (Lipinski definition) is 0. The van der Waals surface area contributed by atoms with Gasteiger partial charge in [0.25, 0.3) is 0 Å². The van der Waals surface area contributed by atoms with Gasteiger partial charge < -0.3 is 9.16 Å². The van der Waals surface area contributed by atoms with Gasteiger partial charge in [0.1, 0.15) is 0 Å². The van der Waals surface area contributed by atoms with E-state index >= 15 is 0 Å². The molecule has 0 aromatic heterocycles. The fraction of sp³-hybridized carbons (Fsp3) is 0.533. The van der Waals surface area contributed by atoms with Crippen LogP contribution in [-0.2, 0) is 5.41 Å². The van der Waals surface area contributed by atoms with Gasteiger partial charge in [-0.3, -0.25) is 4.79 Å². The van der Waals surface area contributed by atoms with Gasteiger partial charge in [0, 0.05) is 5.56 Å². The first-order valence-corrected chi connectivity index (χ1v) is 9.35. The summed E-state index contributed by atoms with van der Waals surface area (Å²) in [4.78, 5) is 11.8. The highest BCUT2D eigenvalue weighted by atomic mass is 28.3. The molecule has 3 nitrogen and oxygen atoms in total. The Hall–Kier alpha value is -1.29. The first-order valence-electron chi connectivity index (χ1n) is 6.57. The molecule has 0 aliphatic heterocycles. The predicted octanol–water partition coefficient (Wildman–Crippen LogP) is 3.56. The van der Waals surface area contributed by atoms with Crippen LogP contribution in [0.15, 0.2) is 12.1 Å². The van der Waals surface area contributed by atoms with Gasteiger partial charge in [0.05, 0.1) is 12.7 Å². The Kier molecular flexibility index (Phi) is 4.79. The minimum absolute atomic E-state index is 0.00316. The normalized spacial score (nSPS) is 11.6. The summed E-state index contributed by atoms with van der Waals surface area (Å²) in [6.07, 6.45) is 0. The number of carbonyl (C=O) groups is 1. The summed E-state index contributed by atoms with van der Waals surface area (Å²) in [5.74, 6) is 1.31. The number of benzene rings is 1. The molecule has 1 aromatic rings. The van der Waals surface area contributed by atoms with E-state index in [0.717, 1.165) is 5.56 Å². The van der Waals surface area contributed by atoms with E-state index in [2.05, 4.69) is 33.9 Å². The van der Waals surface area contributed by atoms with E-state index in [4.69, 9.17) is 9.16 Å². The van der Waals surface area contributed by atoms with Crippen LogP contribution in [0.3, 0.4) is 0 Å². The highest BCUT2D eigenvalue weighted by Crippen LogP contribution is 2.41. The Morgan fingerprint density at radius 1 is 1.16 bits per heavy atom. The highest BCUT2D eigenvalue weighted by molar-refractivity contribution is 6.49. The van der Waals surface area contributed by atoms with Crippen LogP contribution < -0.4 is 9.16 Å². The topological polar surface area (TPSA) is 35.5 Å². The highest BCUT2D eigenvalue weighted by Gasteiger charge is 2.25. The second-order valence-electron chi connectivity index (χ2n) is 6.00. The zero-order chi connectivity index (χ0) is 14.8. The van der Waals surface area contributed by atoms with Crippen LogP contribution in [0, 0.1) is 0 Å². The number of methoxy groups -OCH3 is 1. The van der Waals surface area contributed by atoms with Gasteiger partial charge in [-0.25, -0.2) is 0 Å². The summed E-state index contributed by atoms with van der Waals surface area (Å²) < 4.78 is 11.5. The number of Topliss-reactive ketones (excluding diaryl/α,β-unsaturated/α-hetero) is 1. The summed E-state index contributed by atoms with van der Waals surface area (Å²) in [5.41, 5.74) is 1.60. The monoisotopic (exact) mass is 280 g/mol. The van der Waals surface area contributed by atoms with Crippen molar-refractivity contribution in [3.8, 4) is 11.5 Å². The molecule has 0 spiro atoms. The molecule has 0 bridgehead atoms. The number of carbonyl (C=O) groups excluding carboxylic acids is 1. The third kappa shape index (κ3) is 3.59. The maximum absolute atomic E-state index is 11.8. The number of hydrogen-bond acceptors (Lipinski definition) is 3. The Bertz CT molecular complexity index is 473. The van der Waals surface area contributed by atoms with Gasteiger partial charge in [-0.05, 0) is 31.5 Å². The van der Waals surface area contributed by atoms with Gasteiger partial charge >= 0.3 is 0 Å². The molecule has 0 unspecified atom stereocenters. The molecule has 0 aliphatic carbocycles. The second-order valence-corrected chi connectivity index (χ2v) is 8.33.